The molecule has 0 aliphatic carbocycles. The minimum atomic E-state index is -0.372. The van der Waals surface area contributed by atoms with E-state index in [1.165, 1.54) is 35.9 Å². The second kappa shape index (κ2) is 8.13. The molecule has 1 heterocycles. The SMILES string of the molecule is CC(=O)Nc1ccc(NC(=O)c2ccn(COc3ccc(F)cc3)n2)cc1. The Kier molecular flexibility index (Phi) is 5.46. The monoisotopic (exact) mass is 368 g/mol. The molecule has 2 N–H and O–H groups in total. The number of benzene rings is 2. The van der Waals surface area contributed by atoms with Crippen LogP contribution in [0.3, 0.4) is 0 Å². The zero-order chi connectivity index (χ0) is 19.2. The van der Waals surface area contributed by atoms with Gasteiger partial charge in [-0.1, -0.05) is 0 Å². The maximum Gasteiger partial charge on any atom is 0.276 e. The van der Waals surface area contributed by atoms with Crippen molar-refractivity contribution in [2.45, 2.75) is 13.7 Å². The zero-order valence-electron chi connectivity index (χ0n) is 14.5. The summed E-state index contributed by atoms with van der Waals surface area (Å²) in [7, 11) is 0. The zero-order valence-corrected chi connectivity index (χ0v) is 14.5. The summed E-state index contributed by atoms with van der Waals surface area (Å²) >= 11 is 0. The average molecular weight is 368 g/mol. The summed E-state index contributed by atoms with van der Waals surface area (Å²) in [4.78, 5) is 23.3. The van der Waals surface area contributed by atoms with E-state index in [9.17, 15) is 14.0 Å². The molecule has 0 saturated heterocycles. The van der Waals surface area contributed by atoms with Crippen LogP contribution in [0.2, 0.25) is 0 Å². The predicted molar refractivity (Wildman–Crippen MR) is 98.0 cm³/mol. The number of nitrogens with zero attached hydrogens (tertiary/aromatic N) is 2. The summed E-state index contributed by atoms with van der Waals surface area (Å²) in [6.07, 6.45) is 1.61. The number of ether oxygens (including phenoxy) is 1. The van der Waals surface area contributed by atoms with Crippen LogP contribution >= 0.6 is 0 Å². The third-order valence-corrected chi connectivity index (χ3v) is 3.51. The van der Waals surface area contributed by atoms with Crippen LogP contribution in [-0.2, 0) is 11.5 Å². The Labute approximate surface area is 154 Å². The number of halogens is 1. The van der Waals surface area contributed by atoms with E-state index in [2.05, 4.69) is 15.7 Å². The Morgan fingerprint density at radius 3 is 2.26 bits per heavy atom. The van der Waals surface area contributed by atoms with Gasteiger partial charge >= 0.3 is 0 Å². The highest BCUT2D eigenvalue weighted by Gasteiger charge is 2.10. The standard InChI is InChI=1S/C19H17FN4O3/c1-13(25)21-15-4-6-16(7-5-15)22-19(26)18-10-11-24(23-18)12-27-17-8-2-14(20)3-9-17/h2-11H,12H2,1H3,(H,21,25)(H,22,26). The first-order chi connectivity index (χ1) is 13.0. The first-order valence-corrected chi connectivity index (χ1v) is 8.10. The fourth-order valence-corrected chi connectivity index (χ4v) is 2.26. The van der Waals surface area contributed by atoms with E-state index in [-0.39, 0.29) is 30.1 Å². The lowest BCUT2D eigenvalue weighted by Crippen LogP contribution is -2.14. The quantitative estimate of drug-likeness (QED) is 0.699. The van der Waals surface area contributed by atoms with Crippen LogP contribution in [0.25, 0.3) is 0 Å². The highest BCUT2D eigenvalue weighted by molar-refractivity contribution is 6.03. The van der Waals surface area contributed by atoms with Crippen molar-refractivity contribution in [2.75, 3.05) is 10.6 Å². The van der Waals surface area contributed by atoms with Gasteiger partial charge in [0.1, 0.15) is 11.6 Å². The Morgan fingerprint density at radius 1 is 1.00 bits per heavy atom. The average Bonchev–Trinajstić information content (AvgIpc) is 3.12. The van der Waals surface area contributed by atoms with Gasteiger partial charge in [-0.05, 0) is 54.6 Å². The first-order valence-electron chi connectivity index (χ1n) is 8.10. The summed E-state index contributed by atoms with van der Waals surface area (Å²) in [5.41, 5.74) is 1.44. The summed E-state index contributed by atoms with van der Waals surface area (Å²) in [6.45, 7) is 1.51. The smallest absolute Gasteiger partial charge is 0.276 e. The molecule has 0 unspecified atom stereocenters. The Balaban J connectivity index is 1.56. The summed E-state index contributed by atoms with van der Waals surface area (Å²) in [5, 5.41) is 9.52. The van der Waals surface area contributed by atoms with Gasteiger partial charge in [-0.25, -0.2) is 9.07 Å². The molecule has 2 aromatic carbocycles. The van der Waals surface area contributed by atoms with Crippen LogP contribution in [0.15, 0.2) is 60.8 Å². The van der Waals surface area contributed by atoms with Gasteiger partial charge in [-0.2, -0.15) is 5.10 Å². The van der Waals surface area contributed by atoms with Crippen LogP contribution in [-0.4, -0.2) is 21.6 Å². The predicted octanol–water partition coefficient (Wildman–Crippen LogP) is 3.27. The van der Waals surface area contributed by atoms with Crippen molar-refractivity contribution < 1.29 is 18.7 Å². The van der Waals surface area contributed by atoms with Crippen molar-refractivity contribution in [1.82, 2.24) is 9.78 Å². The van der Waals surface area contributed by atoms with E-state index in [0.29, 0.717) is 17.1 Å². The molecule has 0 spiro atoms. The molecule has 1 aromatic heterocycles. The van der Waals surface area contributed by atoms with Crippen LogP contribution in [0.4, 0.5) is 15.8 Å². The normalized spacial score (nSPS) is 10.3. The number of aromatic nitrogens is 2. The number of carbonyl (C=O) groups excluding carboxylic acids is 2. The van der Waals surface area contributed by atoms with Gasteiger partial charge in [-0.3, -0.25) is 9.59 Å². The van der Waals surface area contributed by atoms with Crippen molar-refractivity contribution in [3.63, 3.8) is 0 Å². The number of carbonyl (C=O) groups is 2. The number of hydrogen-bond donors (Lipinski definition) is 2. The minimum Gasteiger partial charge on any atom is -0.471 e. The number of amides is 2. The molecule has 0 bridgehead atoms. The Morgan fingerprint density at radius 2 is 1.63 bits per heavy atom. The fraction of sp³-hybridized carbons (Fsp3) is 0.105. The molecule has 8 heteroatoms. The summed E-state index contributed by atoms with van der Waals surface area (Å²) in [5.74, 6) is -0.384. The van der Waals surface area contributed by atoms with Crippen LogP contribution < -0.4 is 15.4 Å². The summed E-state index contributed by atoms with van der Waals surface area (Å²) < 4.78 is 19.8. The molecule has 27 heavy (non-hydrogen) atoms. The highest BCUT2D eigenvalue weighted by atomic mass is 19.1. The molecular weight excluding hydrogens is 351 g/mol. The van der Waals surface area contributed by atoms with Crippen molar-refractivity contribution >= 4 is 23.2 Å². The maximum absolute atomic E-state index is 12.9. The van der Waals surface area contributed by atoms with Gasteiger partial charge in [-0.15, -0.1) is 0 Å². The lowest BCUT2D eigenvalue weighted by atomic mass is 10.2. The minimum absolute atomic E-state index is 0.0876. The van der Waals surface area contributed by atoms with E-state index in [1.54, 1.807) is 36.5 Å². The molecule has 0 radical (unpaired) electrons. The van der Waals surface area contributed by atoms with E-state index in [4.69, 9.17) is 4.74 Å². The van der Waals surface area contributed by atoms with Crippen molar-refractivity contribution in [1.29, 1.82) is 0 Å². The second-order valence-corrected chi connectivity index (χ2v) is 5.68. The van der Waals surface area contributed by atoms with Gasteiger partial charge in [0, 0.05) is 24.5 Å². The largest absolute Gasteiger partial charge is 0.471 e. The van der Waals surface area contributed by atoms with Gasteiger partial charge in [0.05, 0.1) is 0 Å². The lowest BCUT2D eigenvalue weighted by Gasteiger charge is -2.06. The van der Waals surface area contributed by atoms with E-state index in [0.717, 1.165) is 0 Å². The third-order valence-electron chi connectivity index (χ3n) is 3.51. The molecule has 0 saturated carbocycles. The van der Waals surface area contributed by atoms with E-state index >= 15 is 0 Å². The molecule has 7 nitrogen and oxygen atoms in total. The number of anilines is 2. The molecular formula is C19H17FN4O3. The van der Waals surface area contributed by atoms with Crippen LogP contribution in [0.1, 0.15) is 17.4 Å². The molecule has 138 valence electrons. The van der Waals surface area contributed by atoms with Crippen LogP contribution in [0.5, 0.6) is 5.75 Å². The van der Waals surface area contributed by atoms with Gasteiger partial charge in [0.25, 0.3) is 5.91 Å². The van der Waals surface area contributed by atoms with Gasteiger partial charge in [0.2, 0.25) is 5.91 Å². The molecule has 0 atom stereocenters. The molecule has 0 aliphatic heterocycles. The topological polar surface area (TPSA) is 85.2 Å². The highest BCUT2D eigenvalue weighted by Crippen LogP contribution is 2.15. The maximum atomic E-state index is 12.9. The molecule has 3 aromatic rings. The number of hydrogen-bond acceptors (Lipinski definition) is 4. The van der Waals surface area contributed by atoms with Crippen molar-refractivity contribution in [2.24, 2.45) is 0 Å². The van der Waals surface area contributed by atoms with Crippen LogP contribution in [0, 0.1) is 5.82 Å². The summed E-state index contributed by atoms with van der Waals surface area (Å²) in [6, 6.07) is 13.9. The number of rotatable bonds is 6. The van der Waals surface area contributed by atoms with Crippen molar-refractivity contribution in [3.8, 4) is 5.75 Å². The van der Waals surface area contributed by atoms with Gasteiger partial charge in [0.15, 0.2) is 12.4 Å². The molecule has 3 rings (SSSR count). The molecule has 0 aliphatic rings. The lowest BCUT2D eigenvalue weighted by molar-refractivity contribution is -0.114. The van der Waals surface area contributed by atoms with E-state index in [1.807, 2.05) is 0 Å². The van der Waals surface area contributed by atoms with E-state index < -0.39 is 0 Å². The molecule has 2 amide bonds. The second-order valence-electron chi connectivity index (χ2n) is 5.68. The van der Waals surface area contributed by atoms with Gasteiger partial charge < -0.3 is 15.4 Å². The third kappa shape index (κ3) is 5.15. The fourth-order valence-electron chi connectivity index (χ4n) is 2.26. The van der Waals surface area contributed by atoms with Crippen molar-refractivity contribution in [3.05, 3.63) is 72.3 Å². The number of nitrogens with one attached hydrogen (secondary N) is 2. The Bertz CT molecular complexity index is 936. The molecule has 0 fully saturated rings. The first kappa shape index (κ1) is 18.1. The Hall–Kier alpha value is -3.68.